The lowest BCUT2D eigenvalue weighted by molar-refractivity contribution is -0.147. The van der Waals surface area contributed by atoms with Crippen molar-refractivity contribution in [2.24, 2.45) is 5.92 Å². The maximum absolute atomic E-state index is 13.1. The largest absolute Gasteiger partial charge is 0.480 e. The molecule has 1 aliphatic carbocycles. The minimum atomic E-state index is -1.40. The van der Waals surface area contributed by atoms with Gasteiger partial charge in [0.1, 0.15) is 18.2 Å². The first-order valence-electron chi connectivity index (χ1n) is 12.4. The van der Waals surface area contributed by atoms with Crippen LogP contribution in [0.2, 0.25) is 0 Å². The van der Waals surface area contributed by atoms with Crippen molar-refractivity contribution in [3.63, 3.8) is 0 Å². The summed E-state index contributed by atoms with van der Waals surface area (Å²) in [5, 5.41) is 15.0. The number of amides is 2. The summed E-state index contributed by atoms with van der Waals surface area (Å²) in [5.74, 6) is -1.55. The molecule has 2 aromatic carbocycles. The Labute approximate surface area is 207 Å². The molecule has 3 unspecified atom stereocenters. The van der Waals surface area contributed by atoms with Gasteiger partial charge in [0, 0.05) is 5.92 Å². The molecule has 188 valence electrons. The van der Waals surface area contributed by atoms with E-state index in [-0.39, 0.29) is 24.9 Å². The second-order valence-electron chi connectivity index (χ2n) is 9.65. The Balaban J connectivity index is 1.70. The SMILES string of the molecule is CCCC(C)(NC(=O)C(CC(C)CC)NC(=O)OCC1c2ccccc2-c2ccccc21)C(=O)O. The van der Waals surface area contributed by atoms with Crippen LogP contribution in [0.15, 0.2) is 48.5 Å². The van der Waals surface area contributed by atoms with Crippen molar-refractivity contribution < 1.29 is 24.2 Å². The molecule has 0 aliphatic heterocycles. The van der Waals surface area contributed by atoms with Crippen LogP contribution in [-0.2, 0) is 14.3 Å². The molecule has 0 saturated heterocycles. The summed E-state index contributed by atoms with van der Waals surface area (Å²) in [4.78, 5) is 37.7. The van der Waals surface area contributed by atoms with Gasteiger partial charge in [-0.2, -0.15) is 0 Å². The number of rotatable bonds is 11. The predicted octanol–water partition coefficient (Wildman–Crippen LogP) is 5.09. The summed E-state index contributed by atoms with van der Waals surface area (Å²) in [6.45, 7) is 7.48. The summed E-state index contributed by atoms with van der Waals surface area (Å²) in [5.41, 5.74) is 3.08. The van der Waals surface area contributed by atoms with Gasteiger partial charge >= 0.3 is 12.1 Å². The molecule has 3 rings (SSSR count). The van der Waals surface area contributed by atoms with Crippen LogP contribution in [-0.4, -0.2) is 41.3 Å². The van der Waals surface area contributed by atoms with Crippen molar-refractivity contribution >= 4 is 18.0 Å². The third-order valence-corrected chi connectivity index (χ3v) is 6.91. The molecule has 2 amide bonds. The molecular weight excluding hydrogens is 444 g/mol. The summed E-state index contributed by atoms with van der Waals surface area (Å²) in [6.07, 6.45) is 1.40. The highest BCUT2D eigenvalue weighted by molar-refractivity contribution is 5.91. The predicted molar refractivity (Wildman–Crippen MR) is 135 cm³/mol. The first kappa shape index (κ1) is 26.3. The lowest BCUT2D eigenvalue weighted by Crippen LogP contribution is -2.58. The van der Waals surface area contributed by atoms with E-state index in [9.17, 15) is 19.5 Å². The lowest BCUT2D eigenvalue weighted by Gasteiger charge is -2.29. The van der Waals surface area contributed by atoms with E-state index in [1.807, 2.05) is 57.2 Å². The molecule has 0 fully saturated rings. The van der Waals surface area contributed by atoms with Crippen molar-refractivity contribution in [1.82, 2.24) is 10.6 Å². The number of fused-ring (bicyclic) bond motifs is 3. The highest BCUT2D eigenvalue weighted by atomic mass is 16.5. The van der Waals surface area contributed by atoms with E-state index in [0.717, 1.165) is 28.7 Å². The van der Waals surface area contributed by atoms with Crippen LogP contribution < -0.4 is 10.6 Å². The van der Waals surface area contributed by atoms with Crippen molar-refractivity contribution in [2.75, 3.05) is 6.61 Å². The van der Waals surface area contributed by atoms with E-state index >= 15 is 0 Å². The third-order valence-electron chi connectivity index (χ3n) is 6.91. The molecule has 0 spiro atoms. The molecule has 7 heteroatoms. The van der Waals surface area contributed by atoms with Crippen molar-refractivity contribution in [3.05, 3.63) is 59.7 Å². The number of ether oxygens (including phenoxy) is 1. The molecule has 0 radical (unpaired) electrons. The molecule has 2 aromatic rings. The molecule has 0 heterocycles. The Kier molecular flexibility index (Phi) is 8.54. The Morgan fingerprint density at radius 3 is 2.11 bits per heavy atom. The van der Waals surface area contributed by atoms with Gasteiger partial charge in [0.25, 0.3) is 0 Å². The van der Waals surface area contributed by atoms with Crippen molar-refractivity contribution in [3.8, 4) is 11.1 Å². The van der Waals surface area contributed by atoms with Crippen molar-refractivity contribution in [1.29, 1.82) is 0 Å². The van der Waals surface area contributed by atoms with Gasteiger partial charge in [-0.05, 0) is 47.9 Å². The second kappa shape index (κ2) is 11.4. The van der Waals surface area contributed by atoms with E-state index in [4.69, 9.17) is 4.74 Å². The first-order chi connectivity index (χ1) is 16.7. The van der Waals surface area contributed by atoms with Crippen molar-refractivity contribution in [2.45, 2.75) is 70.9 Å². The van der Waals surface area contributed by atoms with Gasteiger partial charge in [0.05, 0.1) is 0 Å². The Bertz CT molecular complexity index is 1020. The van der Waals surface area contributed by atoms with Gasteiger partial charge in [-0.25, -0.2) is 9.59 Å². The average Bonchev–Trinajstić information content (AvgIpc) is 3.16. The molecule has 3 atom stereocenters. The fourth-order valence-electron chi connectivity index (χ4n) is 4.66. The fraction of sp³-hybridized carbons (Fsp3) is 0.464. The third kappa shape index (κ3) is 6.02. The van der Waals surface area contributed by atoms with E-state index in [1.165, 1.54) is 6.92 Å². The zero-order valence-electron chi connectivity index (χ0n) is 21.0. The number of aliphatic carboxylic acids is 1. The molecule has 7 nitrogen and oxygen atoms in total. The number of carbonyl (C=O) groups is 3. The number of carbonyl (C=O) groups excluding carboxylic acids is 2. The highest BCUT2D eigenvalue weighted by Gasteiger charge is 2.37. The Morgan fingerprint density at radius 1 is 1.03 bits per heavy atom. The van der Waals surface area contributed by atoms with Crippen LogP contribution in [0, 0.1) is 5.92 Å². The second-order valence-corrected chi connectivity index (χ2v) is 9.65. The molecular formula is C28H36N2O5. The highest BCUT2D eigenvalue weighted by Crippen LogP contribution is 2.44. The van der Waals surface area contributed by atoms with E-state index in [0.29, 0.717) is 12.8 Å². The Hall–Kier alpha value is -3.35. The maximum atomic E-state index is 13.1. The number of benzene rings is 2. The van der Waals surface area contributed by atoms with Gasteiger partial charge < -0.3 is 20.5 Å². The minimum absolute atomic E-state index is 0.0881. The van der Waals surface area contributed by atoms with Gasteiger partial charge in [-0.3, -0.25) is 4.79 Å². The molecule has 1 aliphatic rings. The molecule has 0 bridgehead atoms. The quantitative estimate of drug-likeness (QED) is 0.416. The molecule has 0 saturated carbocycles. The maximum Gasteiger partial charge on any atom is 0.407 e. The number of hydrogen-bond donors (Lipinski definition) is 3. The number of nitrogens with one attached hydrogen (secondary N) is 2. The van der Waals surface area contributed by atoms with Crippen LogP contribution in [0.5, 0.6) is 0 Å². The zero-order chi connectivity index (χ0) is 25.6. The average molecular weight is 481 g/mol. The Morgan fingerprint density at radius 2 is 1.60 bits per heavy atom. The van der Waals surface area contributed by atoms with E-state index in [2.05, 4.69) is 22.8 Å². The summed E-state index contributed by atoms with van der Waals surface area (Å²) >= 11 is 0. The lowest BCUT2D eigenvalue weighted by atomic mass is 9.94. The minimum Gasteiger partial charge on any atom is -0.480 e. The van der Waals surface area contributed by atoms with E-state index in [1.54, 1.807) is 0 Å². The number of alkyl carbamates (subject to hydrolysis) is 1. The van der Waals surface area contributed by atoms with Gasteiger partial charge in [0.15, 0.2) is 0 Å². The topological polar surface area (TPSA) is 105 Å². The standard InChI is InChI=1S/C28H36N2O5/c1-5-15-28(4,26(32)33)30-25(31)24(16-18(3)6-2)29-27(34)35-17-23-21-13-9-7-11-19(21)20-12-8-10-14-22(20)23/h7-14,18,23-24H,5-6,15-17H2,1-4H3,(H,29,34)(H,30,31)(H,32,33). The van der Waals surface area contributed by atoms with Gasteiger partial charge in [-0.15, -0.1) is 0 Å². The molecule has 35 heavy (non-hydrogen) atoms. The van der Waals surface area contributed by atoms with Crippen LogP contribution in [0.1, 0.15) is 70.4 Å². The van der Waals surface area contributed by atoms with Gasteiger partial charge in [-0.1, -0.05) is 82.1 Å². The summed E-state index contributed by atoms with van der Waals surface area (Å²) in [6, 6.07) is 15.3. The van der Waals surface area contributed by atoms with Crippen LogP contribution in [0.3, 0.4) is 0 Å². The number of carboxylic acid groups (broad SMARTS) is 1. The van der Waals surface area contributed by atoms with Crippen LogP contribution in [0.25, 0.3) is 11.1 Å². The molecule has 0 aromatic heterocycles. The van der Waals surface area contributed by atoms with Crippen LogP contribution in [0.4, 0.5) is 4.79 Å². The number of carboxylic acids is 1. The van der Waals surface area contributed by atoms with Crippen LogP contribution >= 0.6 is 0 Å². The fourth-order valence-corrected chi connectivity index (χ4v) is 4.66. The monoisotopic (exact) mass is 480 g/mol. The normalized spacial score (nSPS) is 15.8. The smallest absolute Gasteiger partial charge is 0.407 e. The first-order valence-corrected chi connectivity index (χ1v) is 12.4. The zero-order valence-corrected chi connectivity index (χ0v) is 21.0. The molecule has 3 N–H and O–H groups in total. The summed E-state index contributed by atoms with van der Waals surface area (Å²) < 4.78 is 5.61. The van der Waals surface area contributed by atoms with E-state index < -0.39 is 29.6 Å². The summed E-state index contributed by atoms with van der Waals surface area (Å²) in [7, 11) is 0. The number of hydrogen-bond acceptors (Lipinski definition) is 4. The van der Waals surface area contributed by atoms with Gasteiger partial charge in [0.2, 0.25) is 5.91 Å².